The molecule has 12 heteroatoms. The van der Waals surface area contributed by atoms with E-state index in [4.69, 9.17) is 10.2 Å². The summed E-state index contributed by atoms with van der Waals surface area (Å²) in [6.07, 6.45) is 0. The highest BCUT2D eigenvalue weighted by Gasteiger charge is 2.17. The summed E-state index contributed by atoms with van der Waals surface area (Å²) < 4.78 is 19.0. The van der Waals surface area contributed by atoms with Crippen molar-refractivity contribution in [1.29, 1.82) is 0 Å². The Balaban J connectivity index is 1.64. The van der Waals surface area contributed by atoms with Crippen molar-refractivity contribution in [2.75, 3.05) is 22.1 Å². The number of anilines is 3. The van der Waals surface area contributed by atoms with Gasteiger partial charge in [0.15, 0.2) is 27.1 Å². The normalized spacial score (nSPS) is 10.6. The first-order chi connectivity index (χ1) is 13.8. The van der Waals surface area contributed by atoms with Crippen LogP contribution in [0.2, 0.25) is 0 Å². The van der Waals surface area contributed by atoms with Crippen LogP contribution in [0.4, 0.5) is 21.6 Å². The number of rotatable bonds is 6. The molecule has 0 radical (unpaired) electrons. The Labute approximate surface area is 175 Å². The Bertz CT molecular complexity index is 1130. The van der Waals surface area contributed by atoms with Gasteiger partial charge >= 0.3 is 0 Å². The summed E-state index contributed by atoms with van der Waals surface area (Å²) in [5.74, 6) is -2.15. The molecule has 29 heavy (non-hydrogen) atoms. The van der Waals surface area contributed by atoms with Crippen LogP contribution in [0.15, 0.2) is 55.4 Å². The van der Waals surface area contributed by atoms with Gasteiger partial charge in [-0.3, -0.25) is 19.4 Å². The summed E-state index contributed by atoms with van der Waals surface area (Å²) in [7, 11) is 0. The molecule has 150 valence electrons. The van der Waals surface area contributed by atoms with Crippen molar-refractivity contribution in [3.63, 3.8) is 0 Å². The molecule has 0 aliphatic carbocycles. The van der Waals surface area contributed by atoms with Crippen LogP contribution in [0.1, 0.15) is 10.6 Å². The SMILES string of the molecule is Nc1nc(SCC(=O)Nc2ccccc2F)[nH]c(=O)c1NC(=O)c1ccc(Br)o1. The third kappa shape index (κ3) is 5.23. The van der Waals surface area contributed by atoms with Gasteiger partial charge < -0.3 is 20.8 Å². The molecule has 9 nitrogen and oxygen atoms in total. The zero-order valence-electron chi connectivity index (χ0n) is 14.5. The van der Waals surface area contributed by atoms with Crippen molar-refractivity contribution in [1.82, 2.24) is 9.97 Å². The Morgan fingerprint density at radius 1 is 1.24 bits per heavy atom. The number of carbonyl (C=O) groups excluding carboxylic acids is 2. The summed E-state index contributed by atoms with van der Waals surface area (Å²) in [6.45, 7) is 0. The average molecular weight is 482 g/mol. The number of aromatic amines is 1. The number of nitrogen functional groups attached to an aromatic ring is 1. The first kappa shape index (κ1) is 20.6. The van der Waals surface area contributed by atoms with E-state index >= 15 is 0 Å². The molecule has 1 aromatic carbocycles. The zero-order chi connectivity index (χ0) is 21.0. The van der Waals surface area contributed by atoms with Crippen LogP contribution in [0, 0.1) is 5.82 Å². The topological polar surface area (TPSA) is 143 Å². The van der Waals surface area contributed by atoms with E-state index in [0.717, 1.165) is 11.8 Å². The lowest BCUT2D eigenvalue weighted by Gasteiger charge is -2.08. The number of furan rings is 1. The number of H-pyrrole nitrogens is 1. The summed E-state index contributed by atoms with van der Waals surface area (Å²) in [5.41, 5.74) is 4.85. The lowest BCUT2D eigenvalue weighted by atomic mass is 10.3. The van der Waals surface area contributed by atoms with Crippen molar-refractivity contribution < 1.29 is 18.4 Å². The number of benzene rings is 1. The molecule has 0 aliphatic rings. The van der Waals surface area contributed by atoms with Crippen molar-refractivity contribution in [2.24, 2.45) is 0 Å². The molecular weight excluding hydrogens is 469 g/mol. The summed E-state index contributed by atoms with van der Waals surface area (Å²) in [6, 6.07) is 8.66. The number of nitrogens with one attached hydrogen (secondary N) is 3. The molecule has 2 aromatic heterocycles. The number of carbonyl (C=O) groups is 2. The number of aromatic nitrogens is 2. The first-order valence-corrected chi connectivity index (χ1v) is 9.75. The highest BCUT2D eigenvalue weighted by atomic mass is 79.9. The molecular formula is C17H13BrFN5O4S. The molecule has 0 unspecified atom stereocenters. The second kappa shape index (κ2) is 8.92. The third-order valence-corrected chi connectivity index (χ3v) is 4.75. The monoisotopic (exact) mass is 481 g/mol. The minimum Gasteiger partial charge on any atom is -0.444 e. The van der Waals surface area contributed by atoms with E-state index in [2.05, 4.69) is 36.5 Å². The smallest absolute Gasteiger partial charge is 0.291 e. The highest BCUT2D eigenvalue weighted by molar-refractivity contribution is 9.10. The number of nitrogens with two attached hydrogens (primary N) is 1. The maximum absolute atomic E-state index is 13.5. The molecule has 0 saturated heterocycles. The van der Waals surface area contributed by atoms with Crippen LogP contribution in [0.25, 0.3) is 0 Å². The van der Waals surface area contributed by atoms with Gasteiger partial charge in [-0.15, -0.1) is 0 Å². The first-order valence-electron chi connectivity index (χ1n) is 7.97. The quantitative estimate of drug-likeness (QED) is 0.313. The van der Waals surface area contributed by atoms with Gasteiger partial charge in [0, 0.05) is 0 Å². The predicted octanol–water partition coefficient (Wildman–Crippen LogP) is 2.83. The summed E-state index contributed by atoms with van der Waals surface area (Å²) in [5, 5.41) is 4.80. The van der Waals surface area contributed by atoms with Crippen LogP contribution in [-0.4, -0.2) is 27.5 Å². The number of hydrogen-bond acceptors (Lipinski definition) is 7. The lowest BCUT2D eigenvalue weighted by molar-refractivity contribution is -0.113. The van der Waals surface area contributed by atoms with E-state index in [1.165, 1.54) is 30.3 Å². The van der Waals surface area contributed by atoms with Gasteiger partial charge in [0.25, 0.3) is 11.5 Å². The minimum absolute atomic E-state index is 0.0288. The number of hydrogen-bond donors (Lipinski definition) is 4. The number of amides is 2. The van der Waals surface area contributed by atoms with E-state index in [9.17, 15) is 18.8 Å². The standard InChI is InChI=1S/C17H13BrFN5O4S/c18-11-6-5-10(28-11)15(26)22-13-14(20)23-17(24-16(13)27)29-7-12(25)21-9-4-2-1-3-8(9)19/h1-6H,7H2,(H,21,25)(H,22,26)(H3,20,23,24,27). The fourth-order valence-corrected chi connectivity index (χ4v) is 3.13. The average Bonchev–Trinajstić information content (AvgIpc) is 3.11. The van der Waals surface area contributed by atoms with Gasteiger partial charge in [-0.1, -0.05) is 23.9 Å². The number of para-hydroxylation sites is 1. The van der Waals surface area contributed by atoms with Gasteiger partial charge in [0.05, 0.1) is 11.4 Å². The Kier molecular flexibility index (Phi) is 6.34. The molecule has 0 bridgehead atoms. The van der Waals surface area contributed by atoms with Crippen molar-refractivity contribution in [3.8, 4) is 0 Å². The second-order valence-electron chi connectivity index (χ2n) is 5.51. The van der Waals surface area contributed by atoms with Crippen LogP contribution in [0.5, 0.6) is 0 Å². The van der Waals surface area contributed by atoms with Crippen molar-refractivity contribution in [3.05, 3.63) is 63.0 Å². The molecule has 2 amide bonds. The summed E-state index contributed by atoms with van der Waals surface area (Å²) in [4.78, 5) is 42.6. The Hall–Kier alpha value is -3.12. The maximum atomic E-state index is 13.5. The molecule has 3 rings (SSSR count). The van der Waals surface area contributed by atoms with E-state index in [-0.39, 0.29) is 33.9 Å². The van der Waals surface area contributed by atoms with Gasteiger partial charge in [0.1, 0.15) is 5.82 Å². The van der Waals surface area contributed by atoms with Crippen LogP contribution in [0.3, 0.4) is 0 Å². The van der Waals surface area contributed by atoms with Gasteiger partial charge in [-0.25, -0.2) is 9.37 Å². The zero-order valence-corrected chi connectivity index (χ0v) is 16.9. The van der Waals surface area contributed by atoms with Crippen LogP contribution in [-0.2, 0) is 4.79 Å². The number of halogens is 2. The molecule has 3 aromatic rings. The molecule has 5 N–H and O–H groups in total. The van der Waals surface area contributed by atoms with E-state index in [1.807, 2.05) is 0 Å². The van der Waals surface area contributed by atoms with Gasteiger partial charge in [-0.2, -0.15) is 0 Å². The molecule has 0 atom stereocenters. The van der Waals surface area contributed by atoms with E-state index in [0.29, 0.717) is 4.67 Å². The van der Waals surface area contributed by atoms with Gasteiger partial charge in [-0.05, 0) is 40.2 Å². The maximum Gasteiger partial charge on any atom is 0.291 e. The van der Waals surface area contributed by atoms with Gasteiger partial charge in [0.2, 0.25) is 5.91 Å². The molecule has 0 saturated carbocycles. The largest absolute Gasteiger partial charge is 0.444 e. The number of thioether (sulfide) groups is 1. The van der Waals surface area contributed by atoms with Crippen molar-refractivity contribution in [2.45, 2.75) is 5.16 Å². The molecule has 0 fully saturated rings. The fraction of sp³-hybridized carbons (Fsp3) is 0.0588. The minimum atomic E-state index is -0.700. The van der Waals surface area contributed by atoms with Crippen LogP contribution >= 0.6 is 27.7 Å². The van der Waals surface area contributed by atoms with E-state index < -0.39 is 23.2 Å². The number of nitrogens with zero attached hydrogens (tertiary/aromatic N) is 1. The highest BCUT2D eigenvalue weighted by Crippen LogP contribution is 2.20. The lowest BCUT2D eigenvalue weighted by Crippen LogP contribution is -2.23. The molecule has 2 heterocycles. The predicted molar refractivity (Wildman–Crippen MR) is 109 cm³/mol. The van der Waals surface area contributed by atoms with Crippen LogP contribution < -0.4 is 21.9 Å². The molecule has 0 spiro atoms. The van der Waals surface area contributed by atoms with E-state index in [1.54, 1.807) is 6.07 Å². The van der Waals surface area contributed by atoms with Crippen molar-refractivity contribution >= 4 is 56.7 Å². The Morgan fingerprint density at radius 3 is 2.66 bits per heavy atom. The third-order valence-electron chi connectivity index (χ3n) is 3.45. The Morgan fingerprint density at radius 2 is 2.00 bits per heavy atom. The second-order valence-corrected chi connectivity index (χ2v) is 7.25. The summed E-state index contributed by atoms with van der Waals surface area (Å²) >= 11 is 3.96. The molecule has 0 aliphatic heterocycles. The fourth-order valence-electron chi connectivity index (χ4n) is 2.15.